The Hall–Kier alpha value is -4.14. The van der Waals surface area contributed by atoms with Crippen molar-refractivity contribution in [2.45, 2.75) is 31.0 Å². The second-order valence-corrected chi connectivity index (χ2v) is 11.2. The second kappa shape index (κ2) is 14.6. The van der Waals surface area contributed by atoms with Crippen molar-refractivity contribution in [3.63, 3.8) is 0 Å². The Bertz CT molecular complexity index is 1610. The summed E-state index contributed by atoms with van der Waals surface area (Å²) in [6.07, 6.45) is 1.70. The Morgan fingerprint density at radius 1 is 0.977 bits per heavy atom. The molecule has 44 heavy (non-hydrogen) atoms. The molecule has 0 saturated heterocycles. The maximum atomic E-state index is 14.0. The van der Waals surface area contributed by atoms with Gasteiger partial charge in [-0.25, -0.2) is 10.4 Å². The smallest absolute Gasteiger partial charge is 0.266 e. The van der Waals surface area contributed by atoms with Crippen molar-refractivity contribution in [1.29, 1.82) is 0 Å². The standard InChI is InChI=1S/C35H33Cl2N3O4/c1-2-19-35(34(42)40-38-23-28-13-16-29(36)22-31(28)37)32(26-11-9-25(10-12-26)24-7-4-3-5-8-24)44-33(39-35)27-14-17-30(18-15-27)43-21-6-20-41/h2-5,7-18,22,32,38,41H,1,6,19-21,23H2,(H,40,42)/t32-,35-/m0/s1. The molecule has 0 fully saturated rings. The van der Waals surface area contributed by atoms with Crippen molar-refractivity contribution >= 4 is 35.0 Å². The Balaban J connectivity index is 1.44. The van der Waals surface area contributed by atoms with Crippen LogP contribution in [0.5, 0.6) is 5.75 Å². The van der Waals surface area contributed by atoms with Crippen LogP contribution in [0.4, 0.5) is 0 Å². The first-order chi connectivity index (χ1) is 21.4. The molecule has 4 aromatic carbocycles. The minimum absolute atomic E-state index is 0.0610. The molecule has 0 unspecified atom stereocenters. The molecular formula is C35H33Cl2N3O4. The highest BCUT2D eigenvalue weighted by Crippen LogP contribution is 2.43. The molecule has 1 amide bonds. The number of hydrazine groups is 1. The van der Waals surface area contributed by atoms with E-state index in [0.717, 1.165) is 22.3 Å². The fourth-order valence-corrected chi connectivity index (χ4v) is 5.48. The third kappa shape index (κ3) is 7.14. The number of ether oxygens (including phenoxy) is 2. The molecule has 0 spiro atoms. The van der Waals surface area contributed by atoms with Crippen LogP contribution in [-0.4, -0.2) is 35.7 Å². The normalized spacial score (nSPS) is 17.4. The summed E-state index contributed by atoms with van der Waals surface area (Å²) < 4.78 is 12.2. The molecule has 1 aliphatic heterocycles. The van der Waals surface area contributed by atoms with Crippen LogP contribution in [0.15, 0.2) is 115 Å². The molecule has 5 rings (SSSR count). The minimum Gasteiger partial charge on any atom is -0.494 e. The van der Waals surface area contributed by atoms with Gasteiger partial charge in [-0.3, -0.25) is 10.2 Å². The van der Waals surface area contributed by atoms with E-state index in [0.29, 0.717) is 40.3 Å². The number of carbonyl (C=O) groups excluding carboxylic acids is 1. The van der Waals surface area contributed by atoms with E-state index in [1.807, 2.05) is 78.9 Å². The first kappa shape index (κ1) is 31.3. The molecule has 0 bridgehead atoms. The summed E-state index contributed by atoms with van der Waals surface area (Å²) >= 11 is 12.4. The molecule has 7 nitrogen and oxygen atoms in total. The lowest BCUT2D eigenvalue weighted by Crippen LogP contribution is -2.52. The zero-order chi connectivity index (χ0) is 30.9. The number of benzene rings is 4. The predicted molar refractivity (Wildman–Crippen MR) is 175 cm³/mol. The van der Waals surface area contributed by atoms with E-state index in [1.54, 1.807) is 24.3 Å². The van der Waals surface area contributed by atoms with E-state index in [2.05, 4.69) is 17.4 Å². The van der Waals surface area contributed by atoms with Crippen molar-refractivity contribution in [3.8, 4) is 16.9 Å². The number of nitrogens with zero attached hydrogens (tertiary/aromatic N) is 1. The van der Waals surface area contributed by atoms with Gasteiger partial charge in [-0.15, -0.1) is 6.58 Å². The number of amides is 1. The van der Waals surface area contributed by atoms with Gasteiger partial charge >= 0.3 is 0 Å². The highest BCUT2D eigenvalue weighted by molar-refractivity contribution is 6.35. The molecule has 0 saturated carbocycles. The van der Waals surface area contributed by atoms with Gasteiger partial charge in [0.05, 0.1) is 6.61 Å². The summed E-state index contributed by atoms with van der Waals surface area (Å²) in [7, 11) is 0. The topological polar surface area (TPSA) is 92.2 Å². The van der Waals surface area contributed by atoms with Crippen LogP contribution in [-0.2, 0) is 16.1 Å². The summed E-state index contributed by atoms with van der Waals surface area (Å²) in [4.78, 5) is 19.0. The molecule has 1 aliphatic rings. The number of aliphatic imine (C=N–C) groups is 1. The van der Waals surface area contributed by atoms with Crippen LogP contribution in [0.3, 0.4) is 0 Å². The van der Waals surface area contributed by atoms with Crippen molar-refractivity contribution in [2.24, 2.45) is 4.99 Å². The third-order valence-corrected chi connectivity index (χ3v) is 7.89. The molecule has 0 radical (unpaired) electrons. The van der Waals surface area contributed by atoms with Crippen molar-refractivity contribution in [3.05, 3.63) is 136 Å². The third-order valence-electron chi connectivity index (χ3n) is 7.30. The minimum atomic E-state index is -1.35. The summed E-state index contributed by atoms with van der Waals surface area (Å²) in [6.45, 7) is 4.68. The number of aliphatic hydroxyl groups is 1. The summed E-state index contributed by atoms with van der Waals surface area (Å²) in [5, 5.41) is 10.1. The van der Waals surface area contributed by atoms with Gasteiger partial charge in [0, 0.05) is 41.6 Å². The van der Waals surface area contributed by atoms with Gasteiger partial charge in [0.2, 0.25) is 5.90 Å². The fourth-order valence-electron chi connectivity index (χ4n) is 5.01. The highest BCUT2D eigenvalue weighted by atomic mass is 35.5. The van der Waals surface area contributed by atoms with Gasteiger partial charge in [-0.05, 0) is 58.7 Å². The second-order valence-electron chi connectivity index (χ2n) is 10.3. The van der Waals surface area contributed by atoms with Crippen LogP contribution in [0.1, 0.15) is 35.6 Å². The SMILES string of the molecule is C=CC[C@]1(C(=O)NNCc2ccc(Cl)cc2Cl)N=C(c2ccc(OCCCO)cc2)O[C@H]1c1ccc(-c2ccccc2)cc1. The van der Waals surface area contributed by atoms with Crippen LogP contribution in [0.25, 0.3) is 11.1 Å². The van der Waals surface area contributed by atoms with E-state index in [4.69, 9.17) is 42.8 Å². The monoisotopic (exact) mass is 629 g/mol. The van der Waals surface area contributed by atoms with Gasteiger partial charge in [0.15, 0.2) is 11.6 Å². The zero-order valence-corrected chi connectivity index (χ0v) is 25.5. The summed E-state index contributed by atoms with van der Waals surface area (Å²) in [5.41, 5.74) is 8.88. The number of nitrogens with one attached hydrogen (secondary N) is 2. The lowest BCUT2D eigenvalue weighted by molar-refractivity contribution is -0.129. The number of rotatable bonds is 13. The predicted octanol–water partition coefficient (Wildman–Crippen LogP) is 7.08. The van der Waals surface area contributed by atoms with Gasteiger partial charge in [-0.1, -0.05) is 89.9 Å². The molecular weight excluding hydrogens is 597 g/mol. The molecule has 4 aromatic rings. The van der Waals surface area contributed by atoms with Gasteiger partial charge in [0.1, 0.15) is 5.75 Å². The molecule has 9 heteroatoms. The largest absolute Gasteiger partial charge is 0.494 e. The lowest BCUT2D eigenvalue weighted by Gasteiger charge is -2.30. The summed E-state index contributed by atoms with van der Waals surface area (Å²) in [6, 6.07) is 30.5. The molecule has 226 valence electrons. The van der Waals surface area contributed by atoms with E-state index >= 15 is 0 Å². The Kier molecular flexibility index (Phi) is 10.4. The zero-order valence-electron chi connectivity index (χ0n) is 24.0. The molecule has 0 aliphatic carbocycles. The molecule has 1 heterocycles. The van der Waals surface area contributed by atoms with E-state index < -0.39 is 11.6 Å². The molecule has 3 N–H and O–H groups in total. The Morgan fingerprint density at radius 2 is 1.68 bits per heavy atom. The van der Waals surface area contributed by atoms with Gasteiger partial charge in [0.25, 0.3) is 5.91 Å². The van der Waals surface area contributed by atoms with E-state index in [9.17, 15) is 4.79 Å². The Labute approximate surface area is 267 Å². The average Bonchev–Trinajstić information content (AvgIpc) is 3.44. The van der Waals surface area contributed by atoms with Gasteiger partial charge in [-0.2, -0.15) is 0 Å². The maximum absolute atomic E-state index is 14.0. The van der Waals surface area contributed by atoms with Crippen LogP contribution >= 0.6 is 23.2 Å². The molecule has 0 aromatic heterocycles. The Morgan fingerprint density at radius 3 is 2.36 bits per heavy atom. The van der Waals surface area contributed by atoms with Crippen molar-refractivity contribution < 1.29 is 19.4 Å². The first-order valence-corrected chi connectivity index (χ1v) is 15.0. The number of carbonyl (C=O) groups is 1. The number of hydrogen-bond donors (Lipinski definition) is 3. The van der Waals surface area contributed by atoms with Gasteiger partial charge < -0.3 is 14.6 Å². The first-order valence-electron chi connectivity index (χ1n) is 14.3. The lowest BCUT2D eigenvalue weighted by atomic mass is 9.84. The summed E-state index contributed by atoms with van der Waals surface area (Å²) in [5.74, 6) is 0.620. The van der Waals surface area contributed by atoms with Crippen molar-refractivity contribution in [2.75, 3.05) is 13.2 Å². The van der Waals surface area contributed by atoms with E-state index in [-0.39, 0.29) is 25.5 Å². The number of aliphatic hydroxyl groups excluding tert-OH is 1. The molecule has 2 atom stereocenters. The number of halogens is 2. The quantitative estimate of drug-likeness (QED) is 0.0835. The number of hydrogen-bond acceptors (Lipinski definition) is 6. The maximum Gasteiger partial charge on any atom is 0.266 e. The van der Waals surface area contributed by atoms with E-state index in [1.165, 1.54) is 0 Å². The highest BCUT2D eigenvalue weighted by Gasteiger charge is 2.52. The van der Waals surface area contributed by atoms with Crippen LogP contribution in [0.2, 0.25) is 10.0 Å². The van der Waals surface area contributed by atoms with Crippen molar-refractivity contribution in [1.82, 2.24) is 10.9 Å². The average molecular weight is 631 g/mol. The van der Waals surface area contributed by atoms with Crippen LogP contribution in [0, 0.1) is 0 Å². The van der Waals surface area contributed by atoms with Crippen LogP contribution < -0.4 is 15.6 Å². The fraction of sp³-hybridized carbons (Fsp3) is 0.200.